The molecule has 0 radical (unpaired) electrons. The molecule has 1 aliphatic rings. The number of H-pyrrole nitrogens is 1. The van der Waals surface area contributed by atoms with Gasteiger partial charge in [0.1, 0.15) is 5.69 Å². The Balaban J connectivity index is 1.65. The number of thiazole rings is 1. The maximum absolute atomic E-state index is 12.7. The van der Waals surface area contributed by atoms with E-state index in [2.05, 4.69) is 9.97 Å². The molecule has 0 saturated heterocycles. The lowest BCUT2D eigenvalue weighted by Gasteiger charge is -2.25. The van der Waals surface area contributed by atoms with E-state index < -0.39 is 0 Å². The Bertz CT molecular complexity index is 880. The van der Waals surface area contributed by atoms with Crippen LogP contribution in [0.1, 0.15) is 26.6 Å². The lowest BCUT2D eigenvalue weighted by atomic mass is 10.1. The number of rotatable bonds is 1. The number of nitrogen functional groups attached to an aromatic ring is 1. The molecule has 6 heteroatoms. The second kappa shape index (κ2) is 4.84. The van der Waals surface area contributed by atoms with Crippen LogP contribution in [0.25, 0.3) is 10.9 Å². The third-order valence-electron chi connectivity index (χ3n) is 4.13. The van der Waals surface area contributed by atoms with E-state index in [9.17, 15) is 4.79 Å². The van der Waals surface area contributed by atoms with Crippen molar-refractivity contribution in [2.45, 2.75) is 19.9 Å². The van der Waals surface area contributed by atoms with Crippen LogP contribution >= 0.6 is 11.3 Å². The van der Waals surface area contributed by atoms with E-state index in [4.69, 9.17) is 5.73 Å². The zero-order valence-electron chi connectivity index (χ0n) is 12.2. The van der Waals surface area contributed by atoms with Gasteiger partial charge in [0.15, 0.2) is 5.13 Å². The molecule has 3 heterocycles. The molecule has 3 aromatic rings. The second-order valence-corrected chi connectivity index (χ2v) is 6.74. The lowest BCUT2D eigenvalue weighted by Crippen LogP contribution is -2.35. The number of fused-ring (bicyclic) bond motifs is 2. The lowest BCUT2D eigenvalue weighted by molar-refractivity contribution is 0.0731. The minimum atomic E-state index is 0.0354. The summed E-state index contributed by atoms with van der Waals surface area (Å²) < 4.78 is 0. The summed E-state index contributed by atoms with van der Waals surface area (Å²) in [4.78, 5) is 23.3. The highest BCUT2D eigenvalue weighted by atomic mass is 32.1. The van der Waals surface area contributed by atoms with Gasteiger partial charge >= 0.3 is 0 Å². The molecule has 0 spiro atoms. The van der Waals surface area contributed by atoms with Gasteiger partial charge in [-0.1, -0.05) is 18.2 Å². The van der Waals surface area contributed by atoms with Crippen molar-refractivity contribution in [1.29, 1.82) is 0 Å². The monoisotopic (exact) mass is 312 g/mol. The van der Waals surface area contributed by atoms with Crippen molar-refractivity contribution >= 4 is 33.3 Å². The summed E-state index contributed by atoms with van der Waals surface area (Å²) in [6.07, 6.45) is 0.772. The summed E-state index contributed by atoms with van der Waals surface area (Å²) in [5.41, 5.74) is 9.62. The number of nitrogens with zero attached hydrogens (tertiary/aromatic N) is 2. The number of aromatic amines is 1. The Morgan fingerprint density at radius 3 is 3.14 bits per heavy atom. The quantitative estimate of drug-likeness (QED) is 0.725. The predicted octanol–water partition coefficient (Wildman–Crippen LogP) is 2.71. The normalized spacial score (nSPS) is 14.3. The van der Waals surface area contributed by atoms with Crippen molar-refractivity contribution in [1.82, 2.24) is 14.9 Å². The first-order valence-corrected chi connectivity index (χ1v) is 8.05. The van der Waals surface area contributed by atoms with E-state index >= 15 is 0 Å². The number of aromatic nitrogens is 2. The molecule has 0 aliphatic carbocycles. The van der Waals surface area contributed by atoms with Gasteiger partial charge in [-0.2, -0.15) is 0 Å². The highest BCUT2D eigenvalue weighted by Crippen LogP contribution is 2.28. The van der Waals surface area contributed by atoms with Crippen LogP contribution in [0, 0.1) is 6.92 Å². The number of aryl methyl sites for hydroxylation is 1. The molecule has 112 valence electrons. The average molecular weight is 312 g/mol. The molecule has 1 aromatic carbocycles. The molecule has 3 N–H and O–H groups in total. The summed E-state index contributed by atoms with van der Waals surface area (Å²) >= 11 is 1.48. The summed E-state index contributed by atoms with van der Waals surface area (Å²) in [7, 11) is 0. The van der Waals surface area contributed by atoms with E-state index in [1.54, 1.807) is 0 Å². The molecule has 0 atom stereocenters. The Labute approximate surface area is 131 Å². The minimum Gasteiger partial charge on any atom is -0.375 e. The number of hydrogen-bond donors (Lipinski definition) is 2. The fourth-order valence-electron chi connectivity index (χ4n) is 2.98. The van der Waals surface area contributed by atoms with Crippen LogP contribution < -0.4 is 5.73 Å². The maximum atomic E-state index is 12.7. The fourth-order valence-corrected chi connectivity index (χ4v) is 3.88. The van der Waals surface area contributed by atoms with Gasteiger partial charge in [0.05, 0.1) is 12.2 Å². The number of amides is 1. The molecule has 0 unspecified atom stereocenters. The second-order valence-electron chi connectivity index (χ2n) is 5.62. The van der Waals surface area contributed by atoms with Gasteiger partial charge in [-0.25, -0.2) is 4.98 Å². The first-order chi connectivity index (χ1) is 10.6. The topological polar surface area (TPSA) is 75.0 Å². The number of anilines is 1. The summed E-state index contributed by atoms with van der Waals surface area (Å²) in [5.74, 6) is 0.0354. The number of hydrogen-bond acceptors (Lipinski definition) is 4. The predicted molar refractivity (Wildman–Crippen MR) is 88.0 cm³/mol. The van der Waals surface area contributed by atoms with Crippen LogP contribution in [0.5, 0.6) is 0 Å². The Hall–Kier alpha value is -2.34. The largest absolute Gasteiger partial charge is 0.375 e. The molecule has 0 fully saturated rings. The smallest absolute Gasteiger partial charge is 0.270 e. The highest BCUT2D eigenvalue weighted by molar-refractivity contribution is 7.15. The van der Waals surface area contributed by atoms with Crippen LogP contribution in [0.4, 0.5) is 5.13 Å². The summed E-state index contributed by atoms with van der Waals surface area (Å²) in [5, 5.41) is 1.66. The number of para-hydroxylation sites is 1. The van der Waals surface area contributed by atoms with E-state index in [-0.39, 0.29) is 5.91 Å². The molecule has 2 aromatic heterocycles. The van der Waals surface area contributed by atoms with Crippen LogP contribution in [0.2, 0.25) is 0 Å². The van der Waals surface area contributed by atoms with Crippen LogP contribution in [0.3, 0.4) is 0 Å². The van der Waals surface area contributed by atoms with Crippen molar-refractivity contribution in [3.63, 3.8) is 0 Å². The van der Waals surface area contributed by atoms with Gasteiger partial charge in [0, 0.05) is 28.7 Å². The zero-order chi connectivity index (χ0) is 15.3. The number of carbonyl (C=O) groups excluding carboxylic acids is 1. The number of benzene rings is 1. The van der Waals surface area contributed by atoms with Crippen molar-refractivity contribution in [3.05, 3.63) is 46.1 Å². The average Bonchev–Trinajstić information content (AvgIpc) is 3.08. The Morgan fingerprint density at radius 1 is 1.45 bits per heavy atom. The molecule has 22 heavy (non-hydrogen) atoms. The Morgan fingerprint density at radius 2 is 2.32 bits per heavy atom. The van der Waals surface area contributed by atoms with E-state index in [0.29, 0.717) is 23.9 Å². The first kappa shape index (κ1) is 13.3. The molecule has 1 amide bonds. The van der Waals surface area contributed by atoms with Crippen molar-refractivity contribution in [3.8, 4) is 0 Å². The maximum Gasteiger partial charge on any atom is 0.270 e. The number of carbonyl (C=O) groups is 1. The van der Waals surface area contributed by atoms with E-state index in [1.807, 2.05) is 36.1 Å². The number of nitrogens with two attached hydrogens (primary N) is 1. The van der Waals surface area contributed by atoms with Gasteiger partial charge < -0.3 is 15.6 Å². The van der Waals surface area contributed by atoms with E-state index in [0.717, 1.165) is 33.5 Å². The van der Waals surface area contributed by atoms with Gasteiger partial charge in [0.2, 0.25) is 0 Å². The van der Waals surface area contributed by atoms with Gasteiger partial charge in [-0.15, -0.1) is 11.3 Å². The third kappa shape index (κ3) is 2.07. The standard InChI is InChI=1S/C16H16N4OS/c1-9-3-2-4-10-7-12(18-14(9)10)15(21)20-6-5-11-13(8-20)22-16(17)19-11/h2-4,7,18H,5-6,8H2,1H3,(H2,17,19). The van der Waals surface area contributed by atoms with Gasteiger partial charge in [-0.3, -0.25) is 4.79 Å². The SMILES string of the molecule is Cc1cccc2cc(C(=O)N3CCc4nc(N)sc4C3)[nH]c12. The zero-order valence-corrected chi connectivity index (χ0v) is 13.0. The summed E-state index contributed by atoms with van der Waals surface area (Å²) in [6.45, 7) is 3.32. The molecular formula is C16H16N4OS. The highest BCUT2D eigenvalue weighted by Gasteiger charge is 2.25. The molecule has 1 aliphatic heterocycles. The van der Waals surface area contributed by atoms with E-state index in [1.165, 1.54) is 11.3 Å². The molecular weight excluding hydrogens is 296 g/mol. The summed E-state index contributed by atoms with van der Waals surface area (Å²) in [6, 6.07) is 8.00. The van der Waals surface area contributed by atoms with Gasteiger partial charge in [-0.05, 0) is 18.6 Å². The molecule has 0 bridgehead atoms. The van der Waals surface area contributed by atoms with Gasteiger partial charge in [0.25, 0.3) is 5.91 Å². The molecule has 4 rings (SSSR count). The number of nitrogens with one attached hydrogen (secondary N) is 1. The molecule has 0 saturated carbocycles. The van der Waals surface area contributed by atoms with Crippen LogP contribution in [-0.4, -0.2) is 27.3 Å². The molecule has 5 nitrogen and oxygen atoms in total. The Kier molecular flexibility index (Phi) is 2.94. The minimum absolute atomic E-state index is 0.0354. The van der Waals surface area contributed by atoms with Crippen LogP contribution in [0.15, 0.2) is 24.3 Å². The van der Waals surface area contributed by atoms with Crippen LogP contribution in [-0.2, 0) is 13.0 Å². The van der Waals surface area contributed by atoms with Crippen molar-refractivity contribution < 1.29 is 4.79 Å². The first-order valence-electron chi connectivity index (χ1n) is 7.23. The third-order valence-corrected chi connectivity index (χ3v) is 5.04. The fraction of sp³-hybridized carbons (Fsp3) is 0.250. The van der Waals surface area contributed by atoms with Crippen molar-refractivity contribution in [2.24, 2.45) is 0 Å². The van der Waals surface area contributed by atoms with Crippen molar-refractivity contribution in [2.75, 3.05) is 12.3 Å².